The average molecular weight is 395 g/mol. The van der Waals surface area contributed by atoms with Gasteiger partial charge in [-0.2, -0.15) is 0 Å². The van der Waals surface area contributed by atoms with Crippen molar-refractivity contribution in [3.63, 3.8) is 0 Å². The molecule has 134 valence electrons. The van der Waals surface area contributed by atoms with Gasteiger partial charge < -0.3 is 5.11 Å². The SMILES string of the molecule is CC1(O)CCC2C(=CCC3C2CCC2(C)C(C(=O)CBr)CCC32)C1. The third kappa shape index (κ3) is 2.57. The second-order valence-electron chi connectivity index (χ2n) is 9.54. The van der Waals surface area contributed by atoms with Crippen LogP contribution in [0.15, 0.2) is 11.6 Å². The van der Waals surface area contributed by atoms with Gasteiger partial charge >= 0.3 is 0 Å². The van der Waals surface area contributed by atoms with E-state index in [-0.39, 0.29) is 11.3 Å². The van der Waals surface area contributed by atoms with Crippen molar-refractivity contribution in [2.75, 3.05) is 5.33 Å². The molecule has 0 aromatic heterocycles. The molecule has 3 fully saturated rings. The highest BCUT2D eigenvalue weighted by Crippen LogP contribution is 2.63. The molecule has 0 aliphatic heterocycles. The molecule has 0 aromatic rings. The number of ketones is 1. The normalized spacial score (nSPS) is 50.5. The fourth-order valence-electron chi connectivity index (χ4n) is 7.09. The lowest BCUT2D eigenvalue weighted by Gasteiger charge is -2.54. The van der Waals surface area contributed by atoms with Crippen molar-refractivity contribution in [2.24, 2.45) is 35.0 Å². The Morgan fingerprint density at radius 3 is 2.75 bits per heavy atom. The number of alkyl halides is 1. The number of carbonyl (C=O) groups excluding carboxylic acids is 1. The Kier molecular flexibility index (Phi) is 4.28. The molecule has 0 saturated heterocycles. The Balaban J connectivity index is 1.59. The molecule has 3 heteroatoms. The highest BCUT2D eigenvalue weighted by atomic mass is 79.9. The first-order chi connectivity index (χ1) is 11.4. The Hall–Kier alpha value is -0.150. The van der Waals surface area contributed by atoms with Gasteiger partial charge in [0.1, 0.15) is 5.78 Å². The molecule has 3 saturated carbocycles. The van der Waals surface area contributed by atoms with Crippen LogP contribution in [-0.2, 0) is 4.79 Å². The summed E-state index contributed by atoms with van der Waals surface area (Å²) >= 11 is 3.41. The van der Waals surface area contributed by atoms with Crippen molar-refractivity contribution in [2.45, 2.75) is 70.8 Å². The number of Topliss-reactive ketones (excluding diaryl/α,β-unsaturated/α-hetero) is 1. The number of hydrogen-bond donors (Lipinski definition) is 1. The van der Waals surface area contributed by atoms with Crippen LogP contribution in [0.25, 0.3) is 0 Å². The van der Waals surface area contributed by atoms with E-state index in [1.165, 1.54) is 25.7 Å². The maximum Gasteiger partial charge on any atom is 0.147 e. The zero-order chi connectivity index (χ0) is 17.1. The van der Waals surface area contributed by atoms with Crippen molar-refractivity contribution >= 4 is 21.7 Å². The fourth-order valence-corrected chi connectivity index (χ4v) is 7.48. The van der Waals surface area contributed by atoms with E-state index in [1.54, 1.807) is 5.57 Å². The van der Waals surface area contributed by atoms with Crippen LogP contribution in [-0.4, -0.2) is 21.8 Å². The highest BCUT2D eigenvalue weighted by Gasteiger charge is 2.57. The molecular weight excluding hydrogens is 364 g/mol. The lowest BCUT2D eigenvalue weighted by Crippen LogP contribution is -2.48. The predicted molar refractivity (Wildman–Crippen MR) is 100 cm³/mol. The summed E-state index contributed by atoms with van der Waals surface area (Å²) in [5.41, 5.74) is 1.29. The summed E-state index contributed by atoms with van der Waals surface area (Å²) in [6, 6.07) is 0. The number of halogens is 1. The van der Waals surface area contributed by atoms with Crippen molar-refractivity contribution in [1.82, 2.24) is 0 Å². The largest absolute Gasteiger partial charge is 0.390 e. The van der Waals surface area contributed by atoms with E-state index in [9.17, 15) is 9.90 Å². The zero-order valence-electron chi connectivity index (χ0n) is 15.1. The molecule has 24 heavy (non-hydrogen) atoms. The number of aliphatic hydroxyl groups is 1. The van der Waals surface area contributed by atoms with Crippen molar-refractivity contribution in [3.05, 3.63) is 11.6 Å². The molecular formula is C21H31BrO2. The molecule has 1 N–H and O–H groups in total. The van der Waals surface area contributed by atoms with Gasteiger partial charge in [-0.05, 0) is 87.4 Å². The lowest BCUT2D eigenvalue weighted by atomic mass is 9.51. The van der Waals surface area contributed by atoms with Crippen LogP contribution in [0.3, 0.4) is 0 Å². The second-order valence-corrected chi connectivity index (χ2v) is 10.1. The Morgan fingerprint density at radius 1 is 1.21 bits per heavy atom. The number of rotatable bonds is 2. The van der Waals surface area contributed by atoms with E-state index in [2.05, 4.69) is 28.9 Å². The molecule has 4 aliphatic rings. The maximum atomic E-state index is 12.4. The predicted octanol–water partition coefficient (Wildman–Crippen LogP) is 4.89. The molecule has 4 rings (SSSR count). The summed E-state index contributed by atoms with van der Waals surface area (Å²) in [6.45, 7) is 4.42. The third-order valence-corrected chi connectivity index (χ3v) is 8.79. The first-order valence-corrected chi connectivity index (χ1v) is 11.0. The Bertz CT molecular complexity index is 566. The second kappa shape index (κ2) is 5.94. The summed E-state index contributed by atoms with van der Waals surface area (Å²) in [6.07, 6.45) is 11.5. The van der Waals surface area contributed by atoms with Crippen LogP contribution in [0, 0.1) is 35.0 Å². The van der Waals surface area contributed by atoms with Crippen LogP contribution in [0.5, 0.6) is 0 Å². The lowest BCUT2D eigenvalue weighted by molar-refractivity contribution is -0.126. The molecule has 0 bridgehead atoms. The van der Waals surface area contributed by atoms with E-state index in [1.807, 2.05) is 6.92 Å². The van der Waals surface area contributed by atoms with Crippen LogP contribution < -0.4 is 0 Å². The standard InChI is InChI=1S/C21H31BrO2/c1-20(24)9-7-14-13(11-20)3-4-16-15(14)8-10-21(2)17(16)5-6-18(21)19(23)12-22/h3,14-18,24H,4-12H2,1-2H3. The molecule has 2 nitrogen and oxygen atoms in total. The molecule has 7 atom stereocenters. The van der Waals surface area contributed by atoms with Gasteiger partial charge in [-0.25, -0.2) is 0 Å². The van der Waals surface area contributed by atoms with Gasteiger partial charge in [-0.1, -0.05) is 34.5 Å². The number of allylic oxidation sites excluding steroid dienone is 1. The number of carbonyl (C=O) groups is 1. The smallest absolute Gasteiger partial charge is 0.147 e. The molecule has 7 unspecified atom stereocenters. The number of fused-ring (bicyclic) bond motifs is 5. The Morgan fingerprint density at radius 2 is 2.00 bits per heavy atom. The minimum Gasteiger partial charge on any atom is -0.390 e. The summed E-state index contributed by atoms with van der Waals surface area (Å²) in [5.74, 6) is 3.72. The van der Waals surface area contributed by atoms with Crippen LogP contribution in [0.4, 0.5) is 0 Å². The van der Waals surface area contributed by atoms with Crippen molar-refractivity contribution in [3.8, 4) is 0 Å². The quantitative estimate of drug-likeness (QED) is 0.534. The van der Waals surface area contributed by atoms with Gasteiger partial charge in [0.25, 0.3) is 0 Å². The summed E-state index contributed by atoms with van der Waals surface area (Å²) in [4.78, 5) is 12.4. The highest BCUT2D eigenvalue weighted by molar-refractivity contribution is 9.09. The van der Waals surface area contributed by atoms with Gasteiger partial charge in [-0.15, -0.1) is 0 Å². The van der Waals surface area contributed by atoms with Gasteiger partial charge in [0.05, 0.1) is 10.9 Å². The minimum absolute atomic E-state index is 0.234. The van der Waals surface area contributed by atoms with Crippen LogP contribution in [0.1, 0.15) is 65.2 Å². The first-order valence-electron chi connectivity index (χ1n) is 9.86. The topological polar surface area (TPSA) is 37.3 Å². The van der Waals surface area contributed by atoms with E-state index < -0.39 is 5.60 Å². The van der Waals surface area contributed by atoms with Crippen molar-refractivity contribution in [1.29, 1.82) is 0 Å². The zero-order valence-corrected chi connectivity index (χ0v) is 16.6. The van der Waals surface area contributed by atoms with Gasteiger partial charge in [0.2, 0.25) is 0 Å². The maximum absolute atomic E-state index is 12.4. The third-order valence-electron chi connectivity index (χ3n) is 8.24. The fraction of sp³-hybridized carbons (Fsp3) is 0.857. The summed E-state index contributed by atoms with van der Waals surface area (Å²) in [5, 5.41) is 11.0. The Labute approximate surface area is 154 Å². The summed E-state index contributed by atoms with van der Waals surface area (Å²) < 4.78 is 0. The molecule has 0 amide bonds. The van der Waals surface area contributed by atoms with E-state index in [0.29, 0.717) is 17.0 Å². The van der Waals surface area contributed by atoms with Crippen LogP contribution in [0.2, 0.25) is 0 Å². The molecule has 0 heterocycles. The van der Waals surface area contributed by atoms with E-state index >= 15 is 0 Å². The van der Waals surface area contributed by atoms with Gasteiger partial charge in [0.15, 0.2) is 0 Å². The molecule has 4 aliphatic carbocycles. The summed E-state index contributed by atoms with van der Waals surface area (Å²) in [7, 11) is 0. The number of hydrogen-bond acceptors (Lipinski definition) is 2. The molecule has 0 spiro atoms. The van der Waals surface area contributed by atoms with Gasteiger partial charge in [0, 0.05) is 5.92 Å². The molecule has 0 aromatic carbocycles. The molecule has 0 radical (unpaired) electrons. The minimum atomic E-state index is -0.487. The average Bonchev–Trinajstić information content (AvgIpc) is 2.90. The monoisotopic (exact) mass is 394 g/mol. The van der Waals surface area contributed by atoms with Crippen LogP contribution >= 0.6 is 15.9 Å². The van der Waals surface area contributed by atoms with E-state index in [4.69, 9.17) is 0 Å². The van der Waals surface area contributed by atoms with Gasteiger partial charge in [-0.3, -0.25) is 4.79 Å². The van der Waals surface area contributed by atoms with Crippen molar-refractivity contribution < 1.29 is 9.90 Å². The first kappa shape index (κ1) is 17.3. The van der Waals surface area contributed by atoms with E-state index in [0.717, 1.165) is 43.4 Å².